The highest BCUT2D eigenvalue weighted by atomic mass is 19.1. The number of halogens is 1. The molecule has 1 atom stereocenters. The molecule has 0 radical (unpaired) electrons. The zero-order valence-electron chi connectivity index (χ0n) is 12.7. The van der Waals surface area contributed by atoms with Gasteiger partial charge < -0.3 is 9.80 Å². The van der Waals surface area contributed by atoms with Gasteiger partial charge >= 0.3 is 0 Å². The van der Waals surface area contributed by atoms with Gasteiger partial charge in [-0.05, 0) is 24.6 Å². The number of rotatable bonds is 4. The molecular weight excluding hydrogens is 299 g/mol. The molecule has 0 aliphatic carbocycles. The lowest BCUT2D eigenvalue weighted by Gasteiger charge is -2.24. The van der Waals surface area contributed by atoms with Gasteiger partial charge in [0.15, 0.2) is 0 Å². The summed E-state index contributed by atoms with van der Waals surface area (Å²) in [6.45, 7) is 0.469. The molecule has 0 saturated carbocycles. The molecule has 2 amide bonds. The van der Waals surface area contributed by atoms with Crippen LogP contribution in [0.2, 0.25) is 0 Å². The maximum atomic E-state index is 13.9. The van der Waals surface area contributed by atoms with E-state index in [-0.39, 0.29) is 24.0 Å². The molecule has 6 nitrogen and oxygen atoms in total. The highest BCUT2D eigenvalue weighted by Crippen LogP contribution is 2.26. The van der Waals surface area contributed by atoms with Crippen molar-refractivity contribution in [3.63, 3.8) is 0 Å². The van der Waals surface area contributed by atoms with E-state index < -0.39 is 11.9 Å². The fourth-order valence-corrected chi connectivity index (χ4v) is 2.75. The van der Waals surface area contributed by atoms with Crippen molar-refractivity contribution in [3.05, 3.63) is 48.5 Å². The number of nitrogens with zero attached hydrogens (tertiary/aromatic N) is 4. The molecule has 1 aliphatic heterocycles. The van der Waals surface area contributed by atoms with Crippen LogP contribution in [0.1, 0.15) is 6.42 Å². The minimum Gasteiger partial charge on any atom is -0.332 e. The van der Waals surface area contributed by atoms with Gasteiger partial charge in [0.05, 0.1) is 5.69 Å². The van der Waals surface area contributed by atoms with Gasteiger partial charge in [0.1, 0.15) is 18.4 Å². The maximum absolute atomic E-state index is 13.9. The summed E-state index contributed by atoms with van der Waals surface area (Å²) >= 11 is 0. The maximum Gasteiger partial charge on any atom is 0.249 e. The Bertz CT molecular complexity index is 717. The minimum atomic E-state index is -0.572. The number of likely N-dealkylation sites (N-methyl/N-ethyl adjacent to an activating group) is 1. The second-order valence-corrected chi connectivity index (χ2v) is 5.45. The monoisotopic (exact) mass is 316 g/mol. The van der Waals surface area contributed by atoms with E-state index in [2.05, 4.69) is 5.10 Å². The van der Waals surface area contributed by atoms with Crippen molar-refractivity contribution in [2.45, 2.75) is 19.0 Å². The molecule has 1 saturated heterocycles. The standard InChI is InChI=1S/C16H17FN4O2/c1-19(15(22)11-20-9-4-8-18-20)14-7-10-21(16(14)23)13-6-3-2-5-12(13)17/h2-6,8-9,14H,7,10-11H2,1H3/t14-/m1/s1. The lowest BCUT2D eigenvalue weighted by Crippen LogP contribution is -2.44. The third-order valence-corrected chi connectivity index (χ3v) is 4.04. The quantitative estimate of drug-likeness (QED) is 0.854. The smallest absolute Gasteiger partial charge is 0.249 e. The Hall–Kier alpha value is -2.70. The minimum absolute atomic E-state index is 0.0764. The third kappa shape index (κ3) is 2.94. The molecule has 0 spiro atoms. The normalized spacial score (nSPS) is 17.6. The summed E-state index contributed by atoms with van der Waals surface area (Å²) in [7, 11) is 1.60. The zero-order chi connectivity index (χ0) is 16.4. The molecule has 1 aliphatic rings. The Morgan fingerprint density at radius 1 is 1.39 bits per heavy atom. The van der Waals surface area contributed by atoms with E-state index in [1.54, 1.807) is 43.7 Å². The van der Waals surface area contributed by atoms with E-state index in [4.69, 9.17) is 0 Å². The van der Waals surface area contributed by atoms with Gasteiger partial charge in [0.2, 0.25) is 11.8 Å². The molecule has 0 unspecified atom stereocenters. The van der Waals surface area contributed by atoms with Crippen LogP contribution in [-0.2, 0) is 16.1 Å². The summed E-state index contributed by atoms with van der Waals surface area (Å²) < 4.78 is 15.4. The summed E-state index contributed by atoms with van der Waals surface area (Å²) in [5.74, 6) is -0.902. The second-order valence-electron chi connectivity index (χ2n) is 5.45. The van der Waals surface area contributed by atoms with Gasteiger partial charge in [-0.15, -0.1) is 0 Å². The van der Waals surface area contributed by atoms with E-state index in [0.29, 0.717) is 13.0 Å². The third-order valence-electron chi connectivity index (χ3n) is 4.04. The highest BCUT2D eigenvalue weighted by molar-refractivity contribution is 6.01. The van der Waals surface area contributed by atoms with Crippen LogP contribution >= 0.6 is 0 Å². The number of anilines is 1. The van der Waals surface area contributed by atoms with Gasteiger partial charge in [-0.1, -0.05) is 12.1 Å². The number of carbonyl (C=O) groups is 2. The molecule has 2 heterocycles. The highest BCUT2D eigenvalue weighted by Gasteiger charge is 2.37. The Labute approximate surface area is 133 Å². The molecule has 23 heavy (non-hydrogen) atoms. The Morgan fingerprint density at radius 2 is 2.17 bits per heavy atom. The van der Waals surface area contributed by atoms with E-state index >= 15 is 0 Å². The lowest BCUT2D eigenvalue weighted by atomic mass is 10.2. The summed E-state index contributed by atoms with van der Waals surface area (Å²) in [6.07, 6.45) is 3.76. The van der Waals surface area contributed by atoms with Crippen LogP contribution < -0.4 is 4.90 Å². The van der Waals surface area contributed by atoms with Gasteiger partial charge in [0, 0.05) is 26.0 Å². The second kappa shape index (κ2) is 6.20. The molecule has 0 bridgehead atoms. The van der Waals surface area contributed by atoms with Crippen molar-refractivity contribution < 1.29 is 14.0 Å². The molecule has 1 fully saturated rings. The van der Waals surface area contributed by atoms with Crippen molar-refractivity contribution >= 4 is 17.5 Å². The van der Waals surface area contributed by atoms with Gasteiger partial charge in [-0.25, -0.2) is 4.39 Å². The number of hydrogen-bond acceptors (Lipinski definition) is 3. The summed E-state index contributed by atoms with van der Waals surface area (Å²) in [4.78, 5) is 27.6. The average molecular weight is 316 g/mol. The lowest BCUT2D eigenvalue weighted by molar-refractivity contribution is -0.137. The first-order valence-corrected chi connectivity index (χ1v) is 7.37. The first-order chi connectivity index (χ1) is 11.1. The van der Waals surface area contributed by atoms with Gasteiger partial charge in [-0.2, -0.15) is 5.10 Å². The average Bonchev–Trinajstić information content (AvgIpc) is 3.17. The zero-order valence-corrected chi connectivity index (χ0v) is 12.7. The van der Waals surface area contributed by atoms with E-state index in [9.17, 15) is 14.0 Å². The van der Waals surface area contributed by atoms with Crippen LogP contribution in [0.25, 0.3) is 0 Å². The van der Waals surface area contributed by atoms with Crippen LogP contribution in [0.5, 0.6) is 0 Å². The number of benzene rings is 1. The molecule has 0 N–H and O–H groups in total. The SMILES string of the molecule is CN(C(=O)Cn1cccn1)[C@@H]1CCN(c2ccccc2F)C1=O. The fraction of sp³-hybridized carbons (Fsp3) is 0.312. The molecule has 7 heteroatoms. The molecule has 3 rings (SSSR count). The molecule has 1 aromatic carbocycles. The first-order valence-electron chi connectivity index (χ1n) is 7.37. The van der Waals surface area contributed by atoms with Crippen molar-refractivity contribution in [3.8, 4) is 0 Å². The predicted molar refractivity (Wildman–Crippen MR) is 82.2 cm³/mol. The number of hydrogen-bond donors (Lipinski definition) is 0. The van der Waals surface area contributed by atoms with Crippen LogP contribution in [-0.4, -0.2) is 46.1 Å². The van der Waals surface area contributed by atoms with Crippen molar-refractivity contribution in [2.24, 2.45) is 0 Å². The van der Waals surface area contributed by atoms with Crippen LogP contribution in [0.3, 0.4) is 0 Å². The summed E-state index contributed by atoms with van der Waals surface area (Å²) in [5, 5.41) is 3.98. The van der Waals surface area contributed by atoms with E-state index in [1.165, 1.54) is 20.5 Å². The van der Waals surface area contributed by atoms with Crippen molar-refractivity contribution in [2.75, 3.05) is 18.5 Å². The molecule has 120 valence electrons. The Morgan fingerprint density at radius 3 is 2.87 bits per heavy atom. The fourth-order valence-electron chi connectivity index (χ4n) is 2.75. The number of para-hydroxylation sites is 1. The summed E-state index contributed by atoms with van der Waals surface area (Å²) in [5.41, 5.74) is 0.257. The number of aromatic nitrogens is 2. The van der Waals surface area contributed by atoms with Crippen LogP contribution in [0.4, 0.5) is 10.1 Å². The van der Waals surface area contributed by atoms with E-state index in [0.717, 1.165) is 0 Å². The predicted octanol–water partition coefficient (Wildman–Crippen LogP) is 1.29. The van der Waals surface area contributed by atoms with Crippen molar-refractivity contribution in [1.82, 2.24) is 14.7 Å². The Balaban J connectivity index is 1.71. The topological polar surface area (TPSA) is 58.4 Å². The first kappa shape index (κ1) is 15.2. The van der Waals surface area contributed by atoms with Crippen LogP contribution in [0.15, 0.2) is 42.7 Å². The van der Waals surface area contributed by atoms with Gasteiger partial charge in [-0.3, -0.25) is 14.3 Å². The van der Waals surface area contributed by atoms with Crippen molar-refractivity contribution in [1.29, 1.82) is 0 Å². The molecule has 2 aromatic rings. The molecular formula is C16H17FN4O2. The van der Waals surface area contributed by atoms with Crippen LogP contribution in [0, 0.1) is 5.82 Å². The largest absolute Gasteiger partial charge is 0.332 e. The number of amides is 2. The Kier molecular flexibility index (Phi) is 4.10. The number of carbonyl (C=O) groups excluding carboxylic acids is 2. The molecule has 1 aromatic heterocycles. The van der Waals surface area contributed by atoms with E-state index in [1.807, 2.05) is 0 Å². The van der Waals surface area contributed by atoms with Gasteiger partial charge in [0.25, 0.3) is 0 Å². The summed E-state index contributed by atoms with van der Waals surface area (Å²) in [6, 6.07) is 7.32.